The number of nitrogens with zero attached hydrogens (tertiary/aromatic N) is 5. The average molecular weight is 520 g/mol. The monoisotopic (exact) mass is 519 g/mol. The average Bonchev–Trinajstić information content (AvgIpc) is 3.47. The van der Waals surface area contributed by atoms with Crippen molar-refractivity contribution in [1.82, 2.24) is 19.1 Å². The highest BCUT2D eigenvalue weighted by molar-refractivity contribution is 7.92. The number of aromatic carboxylic acids is 1. The number of halogens is 2. The minimum Gasteiger partial charge on any atom is -0.494 e. The number of carboxylic acid groups (broad SMARTS) is 1. The molecule has 1 aromatic carbocycles. The van der Waals surface area contributed by atoms with Crippen LogP contribution in [-0.4, -0.2) is 58.5 Å². The molecule has 0 spiro atoms. The van der Waals surface area contributed by atoms with E-state index in [4.69, 9.17) is 4.74 Å². The molecule has 10 nitrogen and oxygen atoms in total. The highest BCUT2D eigenvalue weighted by Crippen LogP contribution is 2.38. The number of imidazole rings is 1. The summed E-state index contributed by atoms with van der Waals surface area (Å²) in [6, 6.07) is 7.50. The second kappa shape index (κ2) is 8.43. The Morgan fingerprint density at radius 3 is 2.56 bits per heavy atom. The van der Waals surface area contributed by atoms with Crippen LogP contribution in [0.2, 0.25) is 0 Å². The number of benzene rings is 1. The minimum absolute atomic E-state index is 0.00602. The number of ether oxygens (including phenoxy) is 1. The van der Waals surface area contributed by atoms with Gasteiger partial charge in [0.2, 0.25) is 10.0 Å². The first-order valence-electron chi connectivity index (χ1n) is 11.1. The summed E-state index contributed by atoms with van der Waals surface area (Å²) in [5, 5.41) is 10.1. The van der Waals surface area contributed by atoms with Crippen molar-refractivity contribution in [3.8, 4) is 17.3 Å². The van der Waals surface area contributed by atoms with E-state index < -0.39 is 22.5 Å². The highest BCUT2D eigenvalue weighted by Gasteiger charge is 2.30. The lowest BCUT2D eigenvalue weighted by molar-refractivity contribution is 0.0696. The number of rotatable bonds is 8. The topological polar surface area (TPSA) is 120 Å². The molecular weight excluding hydrogens is 496 g/mol. The number of sulfonamides is 1. The zero-order valence-corrected chi connectivity index (χ0v) is 20.5. The van der Waals surface area contributed by atoms with E-state index in [-0.39, 0.29) is 15.7 Å². The Bertz CT molecular complexity index is 1630. The summed E-state index contributed by atoms with van der Waals surface area (Å²) in [4.78, 5) is 20.6. The molecule has 0 amide bonds. The summed E-state index contributed by atoms with van der Waals surface area (Å²) in [6.45, 7) is -2.74. The number of fused-ring (bicyclic) bond motifs is 2. The van der Waals surface area contributed by atoms with Crippen molar-refractivity contribution < 1.29 is 31.8 Å². The van der Waals surface area contributed by atoms with Crippen LogP contribution in [0.25, 0.3) is 33.6 Å². The van der Waals surface area contributed by atoms with Gasteiger partial charge in [-0.05, 0) is 49.1 Å². The fourth-order valence-electron chi connectivity index (χ4n) is 4.40. The minimum atomic E-state index is -4.26. The Labute approximate surface area is 204 Å². The molecule has 1 N–H and O–H groups in total. The van der Waals surface area contributed by atoms with Crippen molar-refractivity contribution in [3.05, 3.63) is 35.9 Å². The fraction of sp³-hybridized carbons (Fsp3) is 0.348. The van der Waals surface area contributed by atoms with Gasteiger partial charge in [0.25, 0.3) is 0 Å². The molecule has 1 aliphatic rings. The van der Waals surface area contributed by atoms with Gasteiger partial charge in [0.1, 0.15) is 22.7 Å². The lowest BCUT2D eigenvalue weighted by atomic mass is 10.2. The predicted molar refractivity (Wildman–Crippen MR) is 129 cm³/mol. The molecule has 0 atom stereocenters. The number of pyridine rings is 1. The first kappa shape index (κ1) is 24.0. The van der Waals surface area contributed by atoms with E-state index in [1.54, 1.807) is 17.7 Å². The molecular formula is C23H23F2N5O5S. The maximum Gasteiger partial charge on any atom is 0.335 e. The van der Waals surface area contributed by atoms with Gasteiger partial charge in [-0.25, -0.2) is 23.2 Å². The number of anilines is 1. The Kier molecular flexibility index (Phi) is 5.62. The molecule has 36 heavy (non-hydrogen) atoms. The van der Waals surface area contributed by atoms with Gasteiger partial charge in [-0.1, -0.05) is 0 Å². The van der Waals surface area contributed by atoms with E-state index in [2.05, 4.69) is 9.97 Å². The molecule has 1 fully saturated rings. The number of aryl methyl sites for hydroxylation is 1. The van der Waals surface area contributed by atoms with Crippen LogP contribution in [0.3, 0.4) is 0 Å². The number of carbonyl (C=O) groups is 1. The van der Waals surface area contributed by atoms with Crippen LogP contribution in [0, 0.1) is 5.92 Å². The normalized spacial score (nSPS) is 14.2. The van der Waals surface area contributed by atoms with Gasteiger partial charge in [-0.3, -0.25) is 0 Å². The molecule has 5 rings (SSSR count). The lowest BCUT2D eigenvalue weighted by Gasteiger charge is -2.20. The molecule has 13 heteroatoms. The van der Waals surface area contributed by atoms with Gasteiger partial charge in [0, 0.05) is 19.0 Å². The SMILES string of the molecule is COc1cc(C(=O)O)cc2nc(-c3cc4ccc(N(C(F)F)S(C)(=O)=O)nc4n3CC3CC3)n(C)c12. The van der Waals surface area contributed by atoms with Gasteiger partial charge in [0.05, 0.1) is 30.1 Å². The second-order valence-electron chi connectivity index (χ2n) is 8.85. The maximum atomic E-state index is 13.6. The van der Waals surface area contributed by atoms with E-state index in [0.717, 1.165) is 12.8 Å². The summed E-state index contributed by atoms with van der Waals surface area (Å²) in [7, 11) is -1.05. The summed E-state index contributed by atoms with van der Waals surface area (Å²) in [5.41, 5.74) is 2.04. The van der Waals surface area contributed by atoms with Gasteiger partial charge in [-0.2, -0.15) is 13.1 Å². The number of hydrogen-bond donors (Lipinski definition) is 1. The van der Waals surface area contributed by atoms with E-state index in [1.807, 2.05) is 10.6 Å². The molecule has 3 heterocycles. The largest absolute Gasteiger partial charge is 0.494 e. The molecule has 1 aliphatic carbocycles. The van der Waals surface area contributed by atoms with Gasteiger partial charge >= 0.3 is 12.5 Å². The first-order chi connectivity index (χ1) is 17.0. The quantitative estimate of drug-likeness (QED) is 0.353. The number of methoxy groups -OCH3 is 1. The van der Waals surface area contributed by atoms with Crippen molar-refractivity contribution in [2.45, 2.75) is 25.9 Å². The molecule has 190 valence electrons. The molecule has 0 unspecified atom stereocenters. The van der Waals surface area contributed by atoms with Gasteiger partial charge < -0.3 is 19.0 Å². The Balaban J connectivity index is 1.74. The van der Waals surface area contributed by atoms with E-state index in [9.17, 15) is 27.1 Å². The van der Waals surface area contributed by atoms with Crippen LogP contribution < -0.4 is 9.04 Å². The Hall–Kier alpha value is -3.74. The smallest absolute Gasteiger partial charge is 0.335 e. The molecule has 1 saturated carbocycles. The van der Waals surface area contributed by atoms with Crippen LogP contribution >= 0.6 is 0 Å². The van der Waals surface area contributed by atoms with Crippen molar-refractivity contribution in [1.29, 1.82) is 0 Å². The van der Waals surface area contributed by atoms with Crippen LogP contribution in [0.4, 0.5) is 14.6 Å². The van der Waals surface area contributed by atoms with Crippen molar-refractivity contribution in [2.24, 2.45) is 13.0 Å². The molecule has 0 aliphatic heterocycles. The number of carboxylic acids is 1. The molecule has 0 saturated heterocycles. The summed E-state index contributed by atoms with van der Waals surface area (Å²) >= 11 is 0. The fourth-order valence-corrected chi connectivity index (χ4v) is 5.13. The maximum absolute atomic E-state index is 13.6. The Morgan fingerprint density at radius 1 is 1.25 bits per heavy atom. The van der Waals surface area contributed by atoms with E-state index >= 15 is 0 Å². The van der Waals surface area contributed by atoms with Crippen molar-refractivity contribution in [3.63, 3.8) is 0 Å². The summed E-state index contributed by atoms with van der Waals surface area (Å²) in [6.07, 6.45) is 2.71. The van der Waals surface area contributed by atoms with Crippen molar-refractivity contribution >= 4 is 43.9 Å². The third kappa shape index (κ3) is 4.02. The number of alkyl halides is 2. The third-order valence-corrected chi connectivity index (χ3v) is 7.32. The van der Waals surface area contributed by atoms with Crippen LogP contribution in [0.1, 0.15) is 23.2 Å². The predicted octanol–water partition coefficient (Wildman–Crippen LogP) is 3.70. The van der Waals surface area contributed by atoms with Crippen LogP contribution in [0.15, 0.2) is 30.3 Å². The molecule has 0 radical (unpaired) electrons. The molecule has 3 aromatic heterocycles. The Morgan fingerprint density at radius 2 is 1.97 bits per heavy atom. The van der Waals surface area contributed by atoms with E-state index in [0.29, 0.717) is 58.1 Å². The zero-order valence-electron chi connectivity index (χ0n) is 19.6. The third-order valence-electron chi connectivity index (χ3n) is 6.26. The zero-order chi connectivity index (χ0) is 25.9. The summed E-state index contributed by atoms with van der Waals surface area (Å²) < 4.78 is 60.4. The number of aromatic nitrogens is 4. The second-order valence-corrected chi connectivity index (χ2v) is 10.7. The first-order valence-corrected chi connectivity index (χ1v) is 12.9. The highest BCUT2D eigenvalue weighted by atomic mass is 32.2. The van der Waals surface area contributed by atoms with E-state index in [1.165, 1.54) is 25.3 Å². The lowest BCUT2D eigenvalue weighted by Crippen LogP contribution is -2.35. The van der Waals surface area contributed by atoms with Crippen LogP contribution in [-0.2, 0) is 23.6 Å². The standard InChI is InChI=1S/C23H23F2N5O5S/c1-28-19-15(8-14(22(31)32)10-17(19)35-2)26-21(28)16-9-13-6-7-18(30(23(24)25)36(3,33)34)27-20(13)29(16)11-12-4-5-12/h6-10,12,23H,4-5,11H2,1-3H3,(H,31,32). The van der Waals surface area contributed by atoms with Crippen molar-refractivity contribution in [2.75, 3.05) is 17.7 Å². The van der Waals surface area contributed by atoms with Gasteiger partial charge in [0.15, 0.2) is 5.82 Å². The molecule has 4 aromatic rings. The molecule has 0 bridgehead atoms. The van der Waals surface area contributed by atoms with Crippen LogP contribution in [0.5, 0.6) is 5.75 Å². The summed E-state index contributed by atoms with van der Waals surface area (Å²) in [5.74, 6) is -0.276. The number of hydrogen-bond acceptors (Lipinski definition) is 6. The van der Waals surface area contributed by atoms with Gasteiger partial charge in [-0.15, -0.1) is 0 Å².